The van der Waals surface area contributed by atoms with Gasteiger partial charge in [-0.2, -0.15) is 0 Å². The third-order valence-corrected chi connectivity index (χ3v) is 0.841. The van der Waals surface area contributed by atoms with Gasteiger partial charge in [-0.25, -0.2) is 4.79 Å². The van der Waals surface area contributed by atoms with Gasteiger partial charge in [-0.05, 0) is 13.8 Å². The van der Waals surface area contributed by atoms with Crippen LogP contribution in [0.1, 0.15) is 20.8 Å². The Bertz CT molecular complexity index is 154. The lowest BCUT2D eigenvalue weighted by Gasteiger charge is -2.12. The first-order valence-electron chi connectivity index (χ1n) is 3.52. The highest BCUT2D eigenvalue weighted by Crippen LogP contribution is 1.97. The minimum atomic E-state index is -0.909. The van der Waals surface area contributed by atoms with Crippen molar-refractivity contribution in [3.63, 3.8) is 0 Å². The maximum absolute atomic E-state index is 10.7. The average Bonchev–Trinajstić information content (AvgIpc) is 1.84. The Morgan fingerprint density at radius 3 is 2.25 bits per heavy atom. The maximum Gasteiger partial charge on any atom is 0.511 e. The van der Waals surface area contributed by atoms with Crippen LogP contribution in [0.4, 0.5) is 4.79 Å². The molecule has 0 aliphatic carbocycles. The fourth-order valence-electron chi connectivity index (χ4n) is 0.462. The molecule has 0 N–H and O–H groups in total. The van der Waals surface area contributed by atoms with Crippen molar-refractivity contribution in [1.82, 2.24) is 0 Å². The highest BCUT2D eigenvalue weighted by molar-refractivity contribution is 5.60. The molecule has 0 radical (unpaired) electrons. The van der Waals surface area contributed by atoms with Crippen molar-refractivity contribution in [3.8, 4) is 0 Å². The van der Waals surface area contributed by atoms with Gasteiger partial charge in [0.1, 0.15) is 0 Å². The van der Waals surface area contributed by atoms with E-state index in [2.05, 4.69) is 14.2 Å². The molecule has 0 spiro atoms. The van der Waals surface area contributed by atoms with Gasteiger partial charge in [0.25, 0.3) is 6.47 Å². The van der Waals surface area contributed by atoms with Crippen molar-refractivity contribution >= 4 is 12.6 Å². The quantitative estimate of drug-likeness (QED) is 0.364. The third-order valence-electron chi connectivity index (χ3n) is 0.841. The highest BCUT2D eigenvalue weighted by atomic mass is 16.8. The lowest BCUT2D eigenvalue weighted by molar-refractivity contribution is -0.153. The van der Waals surface area contributed by atoms with E-state index >= 15 is 0 Å². The zero-order chi connectivity index (χ0) is 9.56. The first-order valence-corrected chi connectivity index (χ1v) is 3.52. The first-order chi connectivity index (χ1) is 5.56. The normalized spacial score (nSPS) is 12.0. The van der Waals surface area contributed by atoms with E-state index in [0.29, 0.717) is 0 Å². The van der Waals surface area contributed by atoms with E-state index in [-0.39, 0.29) is 12.6 Å². The molecule has 0 aromatic rings. The molecule has 12 heavy (non-hydrogen) atoms. The Hall–Kier alpha value is -1.26. The van der Waals surface area contributed by atoms with Gasteiger partial charge in [-0.15, -0.1) is 0 Å². The number of rotatable bonds is 4. The molecule has 1 unspecified atom stereocenters. The number of hydrogen-bond donors (Lipinski definition) is 0. The van der Waals surface area contributed by atoms with Gasteiger partial charge >= 0.3 is 6.16 Å². The molecule has 5 nitrogen and oxygen atoms in total. The van der Waals surface area contributed by atoms with E-state index in [0.717, 1.165) is 0 Å². The molecule has 0 aromatic carbocycles. The average molecular weight is 176 g/mol. The molecule has 70 valence electrons. The number of carbonyl (C=O) groups is 2. The zero-order valence-corrected chi connectivity index (χ0v) is 7.27. The van der Waals surface area contributed by atoms with Gasteiger partial charge in [-0.3, -0.25) is 4.79 Å². The lowest BCUT2D eigenvalue weighted by atomic mass is 10.5. The summed E-state index contributed by atoms with van der Waals surface area (Å²) in [5, 5.41) is 0. The van der Waals surface area contributed by atoms with Crippen LogP contribution >= 0.6 is 0 Å². The van der Waals surface area contributed by atoms with E-state index < -0.39 is 12.4 Å². The van der Waals surface area contributed by atoms with Crippen molar-refractivity contribution in [1.29, 1.82) is 0 Å². The Morgan fingerprint density at radius 2 is 1.83 bits per heavy atom. The molecule has 0 rings (SSSR count). The van der Waals surface area contributed by atoms with Crippen molar-refractivity contribution in [2.45, 2.75) is 33.2 Å². The van der Waals surface area contributed by atoms with E-state index in [4.69, 9.17) is 0 Å². The van der Waals surface area contributed by atoms with Crippen LogP contribution in [-0.4, -0.2) is 25.0 Å². The Morgan fingerprint density at radius 1 is 1.25 bits per heavy atom. The molecule has 0 bridgehead atoms. The molecule has 0 saturated heterocycles. The highest BCUT2D eigenvalue weighted by Gasteiger charge is 2.11. The van der Waals surface area contributed by atoms with Crippen LogP contribution in [0.15, 0.2) is 0 Å². The summed E-state index contributed by atoms with van der Waals surface area (Å²) in [6.07, 6.45) is -2.01. The topological polar surface area (TPSA) is 61.8 Å². The predicted molar refractivity (Wildman–Crippen MR) is 39.3 cm³/mol. The monoisotopic (exact) mass is 176 g/mol. The summed E-state index contributed by atoms with van der Waals surface area (Å²) in [6.45, 7) is 4.99. The summed E-state index contributed by atoms with van der Waals surface area (Å²) in [4.78, 5) is 20.5. The molecule has 0 heterocycles. The summed E-state index contributed by atoms with van der Waals surface area (Å²) in [6, 6.07) is 0. The van der Waals surface area contributed by atoms with Crippen molar-refractivity contribution < 1.29 is 23.8 Å². The van der Waals surface area contributed by atoms with Crippen LogP contribution < -0.4 is 0 Å². The molecule has 0 amide bonds. The fourth-order valence-corrected chi connectivity index (χ4v) is 0.462. The van der Waals surface area contributed by atoms with Crippen molar-refractivity contribution in [3.05, 3.63) is 0 Å². The summed E-state index contributed by atoms with van der Waals surface area (Å²) in [7, 11) is 0. The Kier molecular flexibility index (Phi) is 4.83. The van der Waals surface area contributed by atoms with Gasteiger partial charge in [0, 0.05) is 6.92 Å². The second-order valence-electron chi connectivity index (χ2n) is 2.33. The van der Waals surface area contributed by atoms with E-state index in [1.165, 1.54) is 6.92 Å². The predicted octanol–water partition coefficient (Wildman–Crippen LogP) is 1.07. The molecule has 5 heteroatoms. The third kappa shape index (κ3) is 5.52. The molecular formula is C7H12O5. The molecule has 0 aliphatic rings. The van der Waals surface area contributed by atoms with Crippen LogP contribution in [-0.2, 0) is 19.0 Å². The van der Waals surface area contributed by atoms with Crippen molar-refractivity contribution in [2.24, 2.45) is 0 Å². The molecule has 0 saturated carbocycles. The van der Waals surface area contributed by atoms with Gasteiger partial charge < -0.3 is 14.2 Å². The number of carbonyl (C=O) groups excluding carboxylic acids is 2. The van der Waals surface area contributed by atoms with Gasteiger partial charge in [0.05, 0.1) is 6.10 Å². The van der Waals surface area contributed by atoms with Gasteiger partial charge in [0.15, 0.2) is 0 Å². The summed E-state index contributed by atoms with van der Waals surface area (Å²) >= 11 is 0. The number of ether oxygens (including phenoxy) is 3. The smallest absolute Gasteiger partial charge is 0.431 e. The first kappa shape index (κ1) is 10.7. The fraction of sp³-hybridized carbons (Fsp3) is 0.714. The standard InChI is InChI=1S/C7H12O5/c1-5(2)11-7(9)12-6(3)10-4-8/h4-6H,1-3H3. The van der Waals surface area contributed by atoms with Gasteiger partial charge in [-0.1, -0.05) is 0 Å². The van der Waals surface area contributed by atoms with Crippen molar-refractivity contribution in [2.75, 3.05) is 0 Å². The minimum absolute atomic E-state index is 0.202. The van der Waals surface area contributed by atoms with Gasteiger partial charge in [0.2, 0.25) is 6.29 Å². The minimum Gasteiger partial charge on any atom is -0.431 e. The maximum atomic E-state index is 10.7. The second-order valence-corrected chi connectivity index (χ2v) is 2.33. The Balaban J connectivity index is 3.61. The van der Waals surface area contributed by atoms with Crippen LogP contribution in [0.5, 0.6) is 0 Å². The van der Waals surface area contributed by atoms with E-state index in [1.807, 2.05) is 0 Å². The van der Waals surface area contributed by atoms with Crippen LogP contribution in [0.25, 0.3) is 0 Å². The van der Waals surface area contributed by atoms with Crippen LogP contribution in [0.3, 0.4) is 0 Å². The molecule has 0 fully saturated rings. The van der Waals surface area contributed by atoms with Crippen LogP contribution in [0, 0.1) is 0 Å². The Labute approximate surface area is 70.6 Å². The van der Waals surface area contributed by atoms with E-state index in [9.17, 15) is 9.59 Å². The molecule has 0 aromatic heterocycles. The largest absolute Gasteiger partial charge is 0.511 e. The zero-order valence-electron chi connectivity index (χ0n) is 7.27. The summed E-state index contributed by atoms with van der Waals surface area (Å²) < 4.78 is 13.4. The SMILES string of the molecule is CC(C)OC(=O)OC(C)OC=O. The van der Waals surface area contributed by atoms with Crippen LogP contribution in [0.2, 0.25) is 0 Å². The lowest BCUT2D eigenvalue weighted by Crippen LogP contribution is -2.20. The van der Waals surface area contributed by atoms with E-state index in [1.54, 1.807) is 13.8 Å². The summed E-state index contributed by atoms with van der Waals surface area (Å²) in [5.74, 6) is 0. The molecule has 1 atom stereocenters. The molecule has 0 aliphatic heterocycles. The number of hydrogen-bond acceptors (Lipinski definition) is 5. The summed E-state index contributed by atoms with van der Waals surface area (Å²) in [5.41, 5.74) is 0. The molecular weight excluding hydrogens is 164 g/mol. The second kappa shape index (κ2) is 5.40.